The highest BCUT2D eigenvalue weighted by atomic mass is 28.4. The molecule has 0 fully saturated rings. The number of hydrogen-bond acceptors (Lipinski definition) is 6. The summed E-state index contributed by atoms with van der Waals surface area (Å²) < 4.78 is 68.7. The second-order valence-electron chi connectivity index (χ2n) is 4.32. The van der Waals surface area contributed by atoms with Crippen LogP contribution in [0.4, 0.5) is 13.2 Å². The number of rotatable bonds is 14. The Hall–Kier alpha value is -0.233. The van der Waals surface area contributed by atoms with Gasteiger partial charge in [-0.05, 0) is 0 Å². The Morgan fingerprint density at radius 1 is 0.682 bits per heavy atom. The Bertz CT molecular complexity index is 241. The Morgan fingerprint density at radius 2 is 1.05 bits per heavy atom. The van der Waals surface area contributed by atoms with Gasteiger partial charge < -0.3 is 27.5 Å². The number of alkyl halides is 3. The van der Waals surface area contributed by atoms with E-state index in [2.05, 4.69) is 0 Å². The van der Waals surface area contributed by atoms with E-state index in [4.69, 9.17) is 27.5 Å². The molecule has 0 radical (unpaired) electrons. The van der Waals surface area contributed by atoms with Crippen LogP contribution >= 0.6 is 0 Å². The zero-order valence-electron chi connectivity index (χ0n) is 13.2. The molecule has 10 heteroatoms. The van der Waals surface area contributed by atoms with Gasteiger partial charge in [0.2, 0.25) is 0 Å². The largest absolute Gasteiger partial charge is 0.501 e. The molecule has 0 aliphatic rings. The fourth-order valence-electron chi connectivity index (χ4n) is 1.48. The molecular formula is C12H25F3O6Si. The van der Waals surface area contributed by atoms with E-state index in [0.29, 0.717) is 0 Å². The molecule has 0 unspecified atom stereocenters. The summed E-state index contributed by atoms with van der Waals surface area (Å²) in [6, 6.07) is -0.354. The lowest BCUT2D eigenvalue weighted by atomic mass is 10.5. The van der Waals surface area contributed by atoms with Crippen molar-refractivity contribution in [2.45, 2.75) is 18.6 Å². The SMILES string of the molecule is COCCO[Si](CCC(F)(F)F)(OCCOC)OCCOC. The lowest BCUT2D eigenvalue weighted by Gasteiger charge is -2.30. The molecule has 0 aliphatic heterocycles. The molecule has 0 N–H and O–H groups in total. The van der Waals surface area contributed by atoms with Crippen LogP contribution in [0.2, 0.25) is 6.04 Å². The average Bonchev–Trinajstić information content (AvgIpc) is 2.45. The van der Waals surface area contributed by atoms with Crippen molar-refractivity contribution < 1.29 is 40.7 Å². The van der Waals surface area contributed by atoms with Crippen LogP contribution in [0.15, 0.2) is 0 Å². The van der Waals surface area contributed by atoms with Crippen LogP contribution in [-0.2, 0) is 27.5 Å². The van der Waals surface area contributed by atoms with Crippen molar-refractivity contribution >= 4 is 8.80 Å². The van der Waals surface area contributed by atoms with Gasteiger partial charge in [-0.1, -0.05) is 0 Å². The Morgan fingerprint density at radius 3 is 1.32 bits per heavy atom. The van der Waals surface area contributed by atoms with E-state index in [9.17, 15) is 13.2 Å². The Balaban J connectivity index is 4.75. The highest BCUT2D eigenvalue weighted by Crippen LogP contribution is 2.28. The molecule has 134 valence electrons. The second-order valence-corrected chi connectivity index (χ2v) is 7.05. The first-order chi connectivity index (χ1) is 10.4. The van der Waals surface area contributed by atoms with E-state index in [1.807, 2.05) is 0 Å². The van der Waals surface area contributed by atoms with Crippen molar-refractivity contribution in [1.29, 1.82) is 0 Å². The zero-order valence-corrected chi connectivity index (χ0v) is 14.2. The summed E-state index contributed by atoms with van der Waals surface area (Å²) in [5.41, 5.74) is 0. The molecule has 0 heterocycles. The van der Waals surface area contributed by atoms with Gasteiger partial charge in [0.05, 0.1) is 39.6 Å². The van der Waals surface area contributed by atoms with Gasteiger partial charge in [-0.25, -0.2) is 0 Å². The minimum Gasteiger partial charge on any atom is -0.382 e. The van der Waals surface area contributed by atoms with Crippen LogP contribution in [0.25, 0.3) is 0 Å². The molecule has 0 bridgehead atoms. The third-order valence-electron chi connectivity index (χ3n) is 2.54. The second kappa shape index (κ2) is 12.2. The quantitative estimate of drug-likeness (QED) is 0.352. The van der Waals surface area contributed by atoms with Gasteiger partial charge in [0.1, 0.15) is 0 Å². The lowest BCUT2D eigenvalue weighted by Crippen LogP contribution is -2.48. The van der Waals surface area contributed by atoms with E-state index in [1.54, 1.807) is 0 Å². The zero-order chi connectivity index (χ0) is 16.9. The van der Waals surface area contributed by atoms with Crippen molar-refractivity contribution in [1.82, 2.24) is 0 Å². The topological polar surface area (TPSA) is 55.4 Å². The summed E-state index contributed by atoms with van der Waals surface area (Å²) in [5.74, 6) is 0. The molecule has 0 aromatic rings. The predicted molar refractivity (Wildman–Crippen MR) is 74.7 cm³/mol. The molecule has 22 heavy (non-hydrogen) atoms. The van der Waals surface area contributed by atoms with Crippen molar-refractivity contribution in [3.63, 3.8) is 0 Å². The van der Waals surface area contributed by atoms with Crippen LogP contribution in [0.3, 0.4) is 0 Å². The molecule has 0 rings (SSSR count). The van der Waals surface area contributed by atoms with Gasteiger partial charge in [-0.2, -0.15) is 13.2 Å². The smallest absolute Gasteiger partial charge is 0.382 e. The maximum absolute atomic E-state index is 12.5. The van der Waals surface area contributed by atoms with Crippen molar-refractivity contribution in [2.75, 3.05) is 61.0 Å². The fourth-order valence-corrected chi connectivity index (χ4v) is 3.93. The van der Waals surface area contributed by atoms with Gasteiger partial charge in [0.15, 0.2) is 0 Å². The highest BCUT2D eigenvalue weighted by molar-refractivity contribution is 6.60. The molecule has 0 spiro atoms. The molecule has 0 saturated carbocycles. The minimum atomic E-state index is -4.31. The summed E-state index contributed by atoms with van der Waals surface area (Å²) >= 11 is 0. The van der Waals surface area contributed by atoms with E-state index < -0.39 is 21.4 Å². The Kier molecular flexibility index (Phi) is 12.1. The van der Waals surface area contributed by atoms with Crippen molar-refractivity contribution in [3.8, 4) is 0 Å². The van der Waals surface area contributed by atoms with Gasteiger partial charge in [0, 0.05) is 33.8 Å². The maximum atomic E-state index is 12.5. The van der Waals surface area contributed by atoms with E-state index in [-0.39, 0.29) is 45.7 Å². The molecule has 0 amide bonds. The van der Waals surface area contributed by atoms with Crippen molar-refractivity contribution in [2.24, 2.45) is 0 Å². The third-order valence-corrected chi connectivity index (χ3v) is 5.34. The summed E-state index contributed by atoms with van der Waals surface area (Å²) in [6.45, 7) is 1.01. The van der Waals surface area contributed by atoms with Crippen LogP contribution < -0.4 is 0 Å². The fraction of sp³-hybridized carbons (Fsp3) is 1.00. The van der Waals surface area contributed by atoms with Crippen LogP contribution in [0.5, 0.6) is 0 Å². The van der Waals surface area contributed by atoms with Crippen LogP contribution in [0, 0.1) is 0 Å². The minimum absolute atomic E-state index is 0.0978. The first-order valence-electron chi connectivity index (χ1n) is 6.84. The lowest BCUT2D eigenvalue weighted by molar-refractivity contribution is -0.133. The third kappa shape index (κ3) is 11.3. The first-order valence-corrected chi connectivity index (χ1v) is 8.78. The number of halogens is 3. The molecule has 0 saturated heterocycles. The summed E-state index contributed by atoms with van der Waals surface area (Å²) in [5, 5.41) is 0. The summed E-state index contributed by atoms with van der Waals surface area (Å²) in [6.07, 6.45) is -5.34. The molecule has 6 nitrogen and oxygen atoms in total. The molecule has 0 aliphatic carbocycles. The number of ether oxygens (including phenoxy) is 3. The van der Waals surface area contributed by atoms with E-state index in [1.165, 1.54) is 21.3 Å². The predicted octanol–water partition coefficient (Wildman–Crippen LogP) is 1.87. The highest BCUT2D eigenvalue weighted by Gasteiger charge is 2.45. The van der Waals surface area contributed by atoms with Gasteiger partial charge in [0.25, 0.3) is 0 Å². The summed E-state index contributed by atoms with van der Waals surface area (Å²) in [7, 11) is 0.939. The number of hydrogen-bond donors (Lipinski definition) is 0. The normalized spacial score (nSPS) is 12.8. The van der Waals surface area contributed by atoms with Gasteiger partial charge in [-0.15, -0.1) is 0 Å². The number of methoxy groups -OCH3 is 3. The molecule has 0 aromatic carbocycles. The average molecular weight is 350 g/mol. The van der Waals surface area contributed by atoms with Gasteiger partial charge in [-0.3, -0.25) is 0 Å². The van der Waals surface area contributed by atoms with Crippen LogP contribution in [-0.4, -0.2) is 76.0 Å². The van der Waals surface area contributed by atoms with Crippen molar-refractivity contribution in [3.05, 3.63) is 0 Å². The summed E-state index contributed by atoms with van der Waals surface area (Å²) in [4.78, 5) is 0. The van der Waals surface area contributed by atoms with Gasteiger partial charge >= 0.3 is 15.0 Å². The maximum Gasteiger partial charge on any atom is 0.501 e. The molecule has 0 aromatic heterocycles. The monoisotopic (exact) mass is 350 g/mol. The van der Waals surface area contributed by atoms with E-state index >= 15 is 0 Å². The molecular weight excluding hydrogens is 325 g/mol. The first kappa shape index (κ1) is 21.8. The van der Waals surface area contributed by atoms with E-state index in [0.717, 1.165) is 0 Å². The molecule has 0 atom stereocenters. The standard InChI is InChI=1S/C12H25F3O6Si/c1-16-5-8-19-22(20-9-6-17-2,21-10-7-18-3)11-4-12(13,14)15/h4-11H2,1-3H3. The van der Waals surface area contributed by atoms with Crippen LogP contribution in [0.1, 0.15) is 6.42 Å². The Labute approximate surface area is 130 Å².